The van der Waals surface area contributed by atoms with Gasteiger partial charge in [-0.05, 0) is 38.1 Å². The van der Waals surface area contributed by atoms with Crippen LogP contribution in [0.1, 0.15) is 12.7 Å². The molecule has 0 aliphatic rings. The summed E-state index contributed by atoms with van der Waals surface area (Å²) in [5.41, 5.74) is 1.18. The Balaban J connectivity index is 1.67. The van der Waals surface area contributed by atoms with Gasteiger partial charge in [-0.3, -0.25) is 4.79 Å². The van der Waals surface area contributed by atoms with Crippen LogP contribution < -0.4 is 5.32 Å². The van der Waals surface area contributed by atoms with Crippen LogP contribution in [-0.4, -0.2) is 21.4 Å². The summed E-state index contributed by atoms with van der Waals surface area (Å²) < 4.78 is 10.8. The molecule has 0 saturated heterocycles. The van der Waals surface area contributed by atoms with E-state index >= 15 is 0 Å². The van der Waals surface area contributed by atoms with Crippen LogP contribution in [0.5, 0.6) is 0 Å². The molecule has 0 fully saturated rings. The third kappa shape index (κ3) is 4.18. The number of hydrogen-bond donors (Lipinski definition) is 1. The van der Waals surface area contributed by atoms with Crippen molar-refractivity contribution in [2.24, 2.45) is 0 Å². The molecule has 9 heteroatoms. The quantitative estimate of drug-likeness (QED) is 0.605. The molecule has 0 saturated carbocycles. The molecule has 0 spiro atoms. The SMILES string of the molecule is Cc1occc1-c1nnc(S[C@H](C)C(=O)Nc2cc(Cl)ccc2Cl)o1. The van der Waals surface area contributed by atoms with Gasteiger partial charge in [-0.15, -0.1) is 10.2 Å². The van der Waals surface area contributed by atoms with Crippen molar-refractivity contribution in [3.05, 3.63) is 46.3 Å². The van der Waals surface area contributed by atoms with Gasteiger partial charge in [0.2, 0.25) is 5.91 Å². The van der Waals surface area contributed by atoms with E-state index in [1.54, 1.807) is 44.4 Å². The van der Waals surface area contributed by atoms with Crippen molar-refractivity contribution in [3.63, 3.8) is 0 Å². The number of aromatic nitrogens is 2. The third-order valence-corrected chi connectivity index (χ3v) is 4.83. The lowest BCUT2D eigenvalue weighted by Crippen LogP contribution is -2.22. The zero-order valence-corrected chi connectivity index (χ0v) is 15.6. The Morgan fingerprint density at radius 3 is 2.80 bits per heavy atom. The van der Waals surface area contributed by atoms with Crippen molar-refractivity contribution >= 4 is 46.6 Å². The van der Waals surface area contributed by atoms with E-state index in [2.05, 4.69) is 15.5 Å². The van der Waals surface area contributed by atoms with Crippen LogP contribution in [0.15, 0.2) is 44.6 Å². The Morgan fingerprint density at radius 1 is 1.28 bits per heavy atom. The molecule has 3 aromatic rings. The van der Waals surface area contributed by atoms with E-state index in [0.29, 0.717) is 27.4 Å². The second-order valence-electron chi connectivity index (χ2n) is 5.14. The molecule has 2 heterocycles. The van der Waals surface area contributed by atoms with Crippen LogP contribution >= 0.6 is 35.0 Å². The summed E-state index contributed by atoms with van der Waals surface area (Å²) in [6.07, 6.45) is 1.55. The Kier molecular flexibility index (Phi) is 5.36. The van der Waals surface area contributed by atoms with Crippen LogP contribution in [0.25, 0.3) is 11.5 Å². The number of carbonyl (C=O) groups excluding carboxylic acids is 1. The predicted octanol–water partition coefficient (Wildman–Crippen LogP) is 5.06. The van der Waals surface area contributed by atoms with Crippen molar-refractivity contribution < 1.29 is 13.6 Å². The molecule has 25 heavy (non-hydrogen) atoms. The summed E-state index contributed by atoms with van der Waals surface area (Å²) in [5, 5.41) is 11.4. The van der Waals surface area contributed by atoms with E-state index in [-0.39, 0.29) is 11.1 Å². The number of hydrogen-bond acceptors (Lipinski definition) is 6. The number of benzene rings is 1. The number of rotatable bonds is 5. The maximum Gasteiger partial charge on any atom is 0.277 e. The summed E-state index contributed by atoms with van der Waals surface area (Å²) in [5.74, 6) is 0.772. The highest BCUT2D eigenvalue weighted by Crippen LogP contribution is 2.30. The molecule has 6 nitrogen and oxygen atoms in total. The van der Waals surface area contributed by atoms with Crippen molar-refractivity contribution in [2.75, 3.05) is 5.32 Å². The number of carbonyl (C=O) groups is 1. The Morgan fingerprint density at radius 2 is 2.08 bits per heavy atom. The summed E-state index contributed by atoms with van der Waals surface area (Å²) in [7, 11) is 0. The highest BCUT2D eigenvalue weighted by molar-refractivity contribution is 8.00. The van der Waals surface area contributed by atoms with Crippen molar-refractivity contribution in [3.8, 4) is 11.5 Å². The van der Waals surface area contributed by atoms with Gasteiger partial charge < -0.3 is 14.2 Å². The fourth-order valence-corrected chi connectivity index (χ4v) is 3.03. The van der Waals surface area contributed by atoms with E-state index in [4.69, 9.17) is 32.0 Å². The summed E-state index contributed by atoms with van der Waals surface area (Å²) in [6, 6.07) is 6.60. The number of nitrogens with one attached hydrogen (secondary N) is 1. The molecule has 0 bridgehead atoms. The molecule has 1 amide bonds. The summed E-state index contributed by atoms with van der Waals surface area (Å²) >= 11 is 13.1. The first-order valence-corrected chi connectivity index (χ1v) is 8.88. The molecule has 0 unspecified atom stereocenters. The zero-order valence-electron chi connectivity index (χ0n) is 13.2. The number of furan rings is 1. The molecule has 130 valence electrons. The molecule has 1 N–H and O–H groups in total. The number of aryl methyl sites for hydroxylation is 1. The second-order valence-corrected chi connectivity index (χ2v) is 7.27. The lowest BCUT2D eigenvalue weighted by Gasteiger charge is -2.11. The van der Waals surface area contributed by atoms with Gasteiger partial charge >= 0.3 is 0 Å². The molecule has 0 radical (unpaired) electrons. The highest BCUT2D eigenvalue weighted by Gasteiger charge is 2.20. The maximum atomic E-state index is 12.3. The van der Waals surface area contributed by atoms with Gasteiger partial charge in [0, 0.05) is 5.02 Å². The highest BCUT2D eigenvalue weighted by atomic mass is 35.5. The van der Waals surface area contributed by atoms with Crippen molar-refractivity contribution in [1.29, 1.82) is 0 Å². The molecule has 2 aromatic heterocycles. The van der Waals surface area contributed by atoms with E-state index in [1.165, 1.54) is 0 Å². The number of anilines is 1. The van der Waals surface area contributed by atoms with E-state index in [9.17, 15) is 4.79 Å². The Labute approximate surface area is 157 Å². The van der Waals surface area contributed by atoms with Crippen molar-refractivity contribution in [1.82, 2.24) is 10.2 Å². The van der Waals surface area contributed by atoms with Crippen molar-refractivity contribution in [2.45, 2.75) is 24.3 Å². The van der Waals surface area contributed by atoms with Gasteiger partial charge in [-0.2, -0.15) is 0 Å². The molecule has 1 aromatic carbocycles. The summed E-state index contributed by atoms with van der Waals surface area (Å²) in [4.78, 5) is 12.3. The van der Waals surface area contributed by atoms with Gasteiger partial charge in [0.15, 0.2) is 0 Å². The van der Waals surface area contributed by atoms with Crippen LogP contribution in [0.2, 0.25) is 10.0 Å². The maximum absolute atomic E-state index is 12.3. The van der Waals surface area contributed by atoms with Gasteiger partial charge in [-0.25, -0.2) is 0 Å². The van der Waals surface area contributed by atoms with E-state index in [0.717, 1.165) is 17.3 Å². The first kappa shape index (κ1) is 17.8. The van der Waals surface area contributed by atoms with Gasteiger partial charge in [-0.1, -0.05) is 35.0 Å². The van der Waals surface area contributed by atoms with Gasteiger partial charge in [0.05, 0.1) is 27.8 Å². The molecule has 1 atom stereocenters. The molecule has 0 aliphatic heterocycles. The van der Waals surface area contributed by atoms with Crippen LogP contribution in [-0.2, 0) is 4.79 Å². The summed E-state index contributed by atoms with van der Waals surface area (Å²) in [6.45, 7) is 3.53. The first-order chi connectivity index (χ1) is 11.9. The fraction of sp³-hybridized carbons (Fsp3) is 0.188. The van der Waals surface area contributed by atoms with Gasteiger partial charge in [0.25, 0.3) is 11.1 Å². The lowest BCUT2D eigenvalue weighted by molar-refractivity contribution is -0.115. The molecular formula is C16H13Cl2N3O3S. The smallest absolute Gasteiger partial charge is 0.277 e. The molecule has 3 rings (SSSR count). The number of halogens is 2. The lowest BCUT2D eigenvalue weighted by atomic mass is 10.3. The number of thioether (sulfide) groups is 1. The molecule has 0 aliphatic carbocycles. The first-order valence-electron chi connectivity index (χ1n) is 7.24. The number of nitrogens with zero attached hydrogens (tertiary/aromatic N) is 2. The zero-order chi connectivity index (χ0) is 18.0. The average molecular weight is 398 g/mol. The van der Waals surface area contributed by atoms with Gasteiger partial charge in [0.1, 0.15) is 5.76 Å². The standard InChI is InChI=1S/C16H13Cl2N3O3S/c1-8-11(5-6-23-8)15-20-21-16(24-15)25-9(2)14(22)19-13-7-10(17)3-4-12(13)18/h3-7,9H,1-2H3,(H,19,22)/t9-/m1/s1. The largest absolute Gasteiger partial charge is 0.469 e. The van der Waals surface area contributed by atoms with Crippen LogP contribution in [0.3, 0.4) is 0 Å². The minimum absolute atomic E-state index is 0.256. The minimum atomic E-state index is -0.478. The fourth-order valence-electron chi connectivity index (χ4n) is 2.01. The second kappa shape index (κ2) is 7.51. The normalized spacial score (nSPS) is 12.2. The van der Waals surface area contributed by atoms with E-state index in [1.807, 2.05) is 0 Å². The van der Waals surface area contributed by atoms with Crippen LogP contribution in [0, 0.1) is 6.92 Å². The monoisotopic (exact) mass is 397 g/mol. The Bertz CT molecular complexity index is 910. The van der Waals surface area contributed by atoms with E-state index < -0.39 is 5.25 Å². The third-order valence-electron chi connectivity index (χ3n) is 3.33. The number of amides is 1. The minimum Gasteiger partial charge on any atom is -0.469 e. The predicted molar refractivity (Wildman–Crippen MR) is 97.1 cm³/mol. The average Bonchev–Trinajstić information content (AvgIpc) is 3.19. The topological polar surface area (TPSA) is 81.2 Å². The van der Waals surface area contributed by atoms with Crippen LogP contribution in [0.4, 0.5) is 5.69 Å². The Hall–Kier alpha value is -1.96. The molecular weight excluding hydrogens is 385 g/mol.